The fourth-order valence-corrected chi connectivity index (χ4v) is 2.15. The molecule has 0 fully saturated rings. The Morgan fingerprint density at radius 1 is 1.04 bits per heavy atom. The molecule has 2 rings (SSSR count). The maximum Gasteiger partial charge on any atom is 0.329 e. The van der Waals surface area contributed by atoms with E-state index in [4.69, 9.17) is 4.74 Å². The number of amides is 1. The van der Waals surface area contributed by atoms with Crippen LogP contribution in [0.2, 0.25) is 0 Å². The van der Waals surface area contributed by atoms with Crippen molar-refractivity contribution >= 4 is 11.9 Å². The van der Waals surface area contributed by atoms with Crippen LogP contribution in [0, 0.1) is 11.8 Å². The van der Waals surface area contributed by atoms with Crippen LogP contribution in [0.25, 0.3) is 0 Å². The van der Waals surface area contributed by atoms with Crippen molar-refractivity contribution in [2.45, 2.75) is 19.4 Å². The molecule has 0 radical (unpaired) electrons. The molecule has 2 aromatic carbocycles. The van der Waals surface area contributed by atoms with Gasteiger partial charge >= 0.3 is 5.97 Å². The second-order valence-corrected chi connectivity index (χ2v) is 5.12. The molecule has 0 saturated heterocycles. The number of rotatable bonds is 6. The lowest BCUT2D eigenvalue weighted by Crippen LogP contribution is -2.43. The summed E-state index contributed by atoms with van der Waals surface area (Å²) < 4.78 is 5.13. The van der Waals surface area contributed by atoms with E-state index in [1.165, 1.54) is 0 Å². The second-order valence-electron chi connectivity index (χ2n) is 5.12. The largest absolute Gasteiger partial charge is 0.451 e. The van der Waals surface area contributed by atoms with Crippen LogP contribution >= 0.6 is 0 Å². The fourth-order valence-electron chi connectivity index (χ4n) is 2.15. The van der Waals surface area contributed by atoms with Crippen LogP contribution in [-0.2, 0) is 16.0 Å². The van der Waals surface area contributed by atoms with Crippen molar-refractivity contribution in [1.82, 2.24) is 5.32 Å². The number of hydrogen-bond acceptors (Lipinski definition) is 3. The Labute approximate surface area is 141 Å². The zero-order valence-corrected chi connectivity index (χ0v) is 13.5. The van der Waals surface area contributed by atoms with E-state index in [1.807, 2.05) is 36.4 Å². The molecule has 122 valence electrons. The molecule has 4 heteroatoms. The first-order valence-corrected chi connectivity index (χ1v) is 7.67. The Balaban J connectivity index is 2.10. The van der Waals surface area contributed by atoms with E-state index in [1.54, 1.807) is 31.2 Å². The number of carbonyl (C=O) groups is 2. The average molecular weight is 321 g/mol. The summed E-state index contributed by atoms with van der Waals surface area (Å²) >= 11 is 0. The third kappa shape index (κ3) is 5.29. The van der Waals surface area contributed by atoms with Crippen molar-refractivity contribution in [1.29, 1.82) is 0 Å². The SMILES string of the molecule is CC#CCOC(=O)C(Cc1ccccc1)NC(=O)c1ccccc1. The molecule has 1 N–H and O–H groups in total. The molecule has 1 atom stereocenters. The van der Waals surface area contributed by atoms with E-state index in [0.717, 1.165) is 5.56 Å². The van der Waals surface area contributed by atoms with E-state index in [2.05, 4.69) is 17.2 Å². The molecule has 0 aliphatic rings. The Kier molecular flexibility index (Phi) is 6.60. The molecular weight excluding hydrogens is 302 g/mol. The summed E-state index contributed by atoms with van der Waals surface area (Å²) in [5, 5.41) is 2.75. The maximum absolute atomic E-state index is 12.3. The van der Waals surface area contributed by atoms with E-state index in [9.17, 15) is 9.59 Å². The highest BCUT2D eigenvalue weighted by Gasteiger charge is 2.23. The van der Waals surface area contributed by atoms with Gasteiger partial charge in [-0.25, -0.2) is 4.79 Å². The predicted octanol–water partition coefficient (Wildman–Crippen LogP) is 2.59. The van der Waals surface area contributed by atoms with Gasteiger partial charge in [0, 0.05) is 12.0 Å². The summed E-state index contributed by atoms with van der Waals surface area (Å²) in [6, 6.07) is 17.5. The van der Waals surface area contributed by atoms with Gasteiger partial charge in [0.2, 0.25) is 0 Å². The Bertz CT molecular complexity index is 730. The minimum Gasteiger partial charge on any atom is -0.451 e. The summed E-state index contributed by atoms with van der Waals surface area (Å²) in [7, 11) is 0. The molecule has 0 spiro atoms. The number of nitrogens with one attached hydrogen (secondary N) is 1. The Hall–Kier alpha value is -3.06. The lowest BCUT2D eigenvalue weighted by molar-refractivity contribution is -0.144. The van der Waals surface area contributed by atoms with Crippen LogP contribution in [0.5, 0.6) is 0 Å². The van der Waals surface area contributed by atoms with Crippen molar-refractivity contribution in [3.8, 4) is 11.8 Å². The minimum atomic E-state index is -0.765. The van der Waals surface area contributed by atoms with Crippen LogP contribution in [0.15, 0.2) is 60.7 Å². The Morgan fingerprint density at radius 2 is 1.67 bits per heavy atom. The molecular formula is C20H19NO3. The molecule has 0 aliphatic carbocycles. The van der Waals surface area contributed by atoms with E-state index in [-0.39, 0.29) is 12.5 Å². The monoisotopic (exact) mass is 321 g/mol. The summed E-state index contributed by atoms with van der Waals surface area (Å²) in [6.07, 6.45) is 0.359. The number of esters is 1. The highest BCUT2D eigenvalue weighted by atomic mass is 16.5. The van der Waals surface area contributed by atoms with Crippen LogP contribution in [0.4, 0.5) is 0 Å². The molecule has 1 unspecified atom stereocenters. The summed E-state index contributed by atoms with van der Waals surface area (Å²) in [5.74, 6) is 4.54. The number of ether oxygens (including phenoxy) is 1. The molecule has 1 amide bonds. The Morgan fingerprint density at radius 3 is 2.29 bits per heavy atom. The maximum atomic E-state index is 12.3. The van der Waals surface area contributed by atoms with Crippen molar-refractivity contribution in [2.75, 3.05) is 6.61 Å². The summed E-state index contributed by atoms with van der Waals surface area (Å²) in [6.45, 7) is 1.69. The summed E-state index contributed by atoms with van der Waals surface area (Å²) in [4.78, 5) is 24.6. The number of hydrogen-bond donors (Lipinski definition) is 1. The summed E-state index contributed by atoms with van der Waals surface area (Å²) in [5.41, 5.74) is 1.44. The van der Waals surface area contributed by atoms with Crippen LogP contribution in [0.3, 0.4) is 0 Å². The third-order valence-corrected chi connectivity index (χ3v) is 3.37. The molecule has 0 bridgehead atoms. The minimum absolute atomic E-state index is 0.0157. The van der Waals surface area contributed by atoms with Crippen LogP contribution in [0.1, 0.15) is 22.8 Å². The fraction of sp³-hybridized carbons (Fsp3) is 0.200. The second kappa shape index (κ2) is 9.16. The molecule has 0 aliphatic heterocycles. The van der Waals surface area contributed by atoms with E-state index < -0.39 is 12.0 Å². The molecule has 0 heterocycles. The average Bonchev–Trinajstić information content (AvgIpc) is 2.63. The van der Waals surface area contributed by atoms with Crippen molar-refractivity contribution in [3.63, 3.8) is 0 Å². The molecule has 0 aromatic heterocycles. The first-order chi connectivity index (χ1) is 11.7. The zero-order chi connectivity index (χ0) is 17.2. The standard InChI is InChI=1S/C20H19NO3/c1-2-3-14-24-20(23)18(15-16-10-6-4-7-11-16)21-19(22)17-12-8-5-9-13-17/h4-13,18H,14-15H2,1H3,(H,21,22). The zero-order valence-electron chi connectivity index (χ0n) is 13.5. The quantitative estimate of drug-likeness (QED) is 0.657. The molecule has 4 nitrogen and oxygen atoms in total. The van der Waals surface area contributed by atoms with E-state index >= 15 is 0 Å². The van der Waals surface area contributed by atoms with Crippen LogP contribution < -0.4 is 5.32 Å². The van der Waals surface area contributed by atoms with Gasteiger partial charge in [-0.05, 0) is 24.6 Å². The van der Waals surface area contributed by atoms with Gasteiger partial charge in [0.05, 0.1) is 0 Å². The molecule has 0 saturated carbocycles. The highest BCUT2D eigenvalue weighted by molar-refractivity contribution is 5.96. The van der Waals surface area contributed by atoms with Crippen LogP contribution in [-0.4, -0.2) is 24.5 Å². The number of benzene rings is 2. The predicted molar refractivity (Wildman–Crippen MR) is 92.3 cm³/mol. The molecule has 24 heavy (non-hydrogen) atoms. The normalized spacial score (nSPS) is 10.9. The molecule has 2 aromatic rings. The van der Waals surface area contributed by atoms with Crippen molar-refractivity contribution in [3.05, 3.63) is 71.8 Å². The van der Waals surface area contributed by atoms with Gasteiger partial charge in [-0.3, -0.25) is 4.79 Å². The van der Waals surface area contributed by atoms with Gasteiger partial charge in [-0.15, -0.1) is 5.92 Å². The smallest absolute Gasteiger partial charge is 0.329 e. The van der Waals surface area contributed by atoms with Gasteiger partial charge in [0.25, 0.3) is 5.91 Å². The lowest BCUT2D eigenvalue weighted by atomic mass is 10.1. The van der Waals surface area contributed by atoms with Gasteiger partial charge in [0.15, 0.2) is 6.61 Å². The van der Waals surface area contributed by atoms with Gasteiger partial charge in [0.1, 0.15) is 6.04 Å². The third-order valence-electron chi connectivity index (χ3n) is 3.37. The van der Waals surface area contributed by atoms with Crippen molar-refractivity contribution < 1.29 is 14.3 Å². The topological polar surface area (TPSA) is 55.4 Å². The first-order valence-electron chi connectivity index (χ1n) is 7.67. The first kappa shape index (κ1) is 17.3. The number of carbonyl (C=O) groups excluding carboxylic acids is 2. The van der Waals surface area contributed by atoms with Crippen molar-refractivity contribution in [2.24, 2.45) is 0 Å². The highest BCUT2D eigenvalue weighted by Crippen LogP contribution is 2.07. The van der Waals surface area contributed by atoms with Gasteiger partial charge in [-0.1, -0.05) is 54.5 Å². The van der Waals surface area contributed by atoms with E-state index in [0.29, 0.717) is 12.0 Å². The lowest BCUT2D eigenvalue weighted by Gasteiger charge is -2.17. The van der Waals surface area contributed by atoms with Gasteiger partial charge in [-0.2, -0.15) is 0 Å². The van der Waals surface area contributed by atoms with Gasteiger partial charge < -0.3 is 10.1 Å².